The topological polar surface area (TPSA) is 181 Å². The lowest BCUT2D eigenvalue weighted by molar-refractivity contribution is -0.165. The molecule has 0 radical (unpaired) electrons. The van der Waals surface area contributed by atoms with Crippen molar-refractivity contribution in [2.75, 3.05) is 6.54 Å². The van der Waals surface area contributed by atoms with Gasteiger partial charge in [-0.25, -0.2) is 9.78 Å². The number of amides is 4. The van der Waals surface area contributed by atoms with Crippen LogP contribution in [-0.4, -0.2) is 81.0 Å². The zero-order chi connectivity index (χ0) is 32.7. The zero-order valence-corrected chi connectivity index (χ0v) is 25.6. The lowest BCUT2D eigenvalue weighted by Crippen LogP contribution is -2.58. The fourth-order valence-corrected chi connectivity index (χ4v) is 5.22. The number of hydrogen-bond acceptors (Lipinski definition) is 8. The number of para-hydroxylation sites is 1. The van der Waals surface area contributed by atoms with Gasteiger partial charge in [0.15, 0.2) is 6.10 Å². The standard InChI is InChI=1S/C33H39N5O7/c1-33(2,3)45-32(44)26-14-9-17-38(26)31(43)28(40)24(18-20-10-5-4-6-11-20)36-30(42)25(19-27(34)39)37-29(41)23-16-15-21-12-7-8-13-22(21)35-23/h4-8,10-13,15-16,24-26,28,40H,9,14,17-19H2,1-3H3,(H2,34,39)(H,36,42)(H,37,41)/t24-,25-,26-,28-/m0/s1. The summed E-state index contributed by atoms with van der Waals surface area (Å²) in [6.45, 7) is 5.40. The Morgan fingerprint density at radius 2 is 1.69 bits per heavy atom. The number of benzene rings is 2. The second-order valence-electron chi connectivity index (χ2n) is 12.1. The molecule has 12 nitrogen and oxygen atoms in total. The molecule has 1 fully saturated rings. The van der Waals surface area contributed by atoms with Crippen molar-refractivity contribution in [3.63, 3.8) is 0 Å². The number of fused-ring (bicyclic) bond motifs is 1. The zero-order valence-electron chi connectivity index (χ0n) is 25.6. The summed E-state index contributed by atoms with van der Waals surface area (Å²) >= 11 is 0. The molecule has 238 valence electrons. The molecule has 12 heteroatoms. The molecule has 5 N–H and O–H groups in total. The van der Waals surface area contributed by atoms with E-state index in [-0.39, 0.29) is 18.7 Å². The first kappa shape index (κ1) is 33.1. The lowest BCUT2D eigenvalue weighted by Gasteiger charge is -2.32. The van der Waals surface area contributed by atoms with Gasteiger partial charge in [-0.15, -0.1) is 0 Å². The molecule has 0 saturated carbocycles. The van der Waals surface area contributed by atoms with Gasteiger partial charge in [0, 0.05) is 11.9 Å². The van der Waals surface area contributed by atoms with Gasteiger partial charge in [0.05, 0.1) is 18.0 Å². The number of nitrogens with one attached hydrogen (secondary N) is 2. The summed E-state index contributed by atoms with van der Waals surface area (Å²) in [5, 5.41) is 17.3. The minimum atomic E-state index is -1.76. The molecule has 0 bridgehead atoms. The normalized spacial score (nSPS) is 16.8. The van der Waals surface area contributed by atoms with E-state index in [1.54, 1.807) is 69.3 Å². The Hall–Kier alpha value is -4.84. The molecule has 0 aliphatic carbocycles. The van der Waals surface area contributed by atoms with Crippen molar-refractivity contribution in [1.29, 1.82) is 0 Å². The summed E-state index contributed by atoms with van der Waals surface area (Å²) in [4.78, 5) is 70.7. The Bertz CT molecular complexity index is 1560. The monoisotopic (exact) mass is 617 g/mol. The van der Waals surface area contributed by atoms with E-state index in [0.717, 1.165) is 5.39 Å². The third kappa shape index (κ3) is 8.85. The number of carbonyl (C=O) groups is 5. The maximum Gasteiger partial charge on any atom is 0.329 e. The first-order valence-corrected chi connectivity index (χ1v) is 14.8. The van der Waals surface area contributed by atoms with E-state index in [1.165, 1.54) is 11.0 Å². The highest BCUT2D eigenvalue weighted by Crippen LogP contribution is 2.23. The molecule has 4 rings (SSSR count). The molecule has 2 heterocycles. The number of pyridine rings is 1. The summed E-state index contributed by atoms with van der Waals surface area (Å²) in [5.41, 5.74) is 5.94. The van der Waals surface area contributed by atoms with Crippen molar-refractivity contribution < 1.29 is 33.8 Å². The van der Waals surface area contributed by atoms with Crippen molar-refractivity contribution in [3.8, 4) is 0 Å². The van der Waals surface area contributed by atoms with Crippen molar-refractivity contribution >= 4 is 40.5 Å². The second-order valence-corrected chi connectivity index (χ2v) is 12.1. The van der Waals surface area contributed by atoms with Crippen molar-refractivity contribution in [1.82, 2.24) is 20.5 Å². The Morgan fingerprint density at radius 3 is 2.38 bits per heavy atom. The van der Waals surface area contributed by atoms with Gasteiger partial charge >= 0.3 is 5.97 Å². The van der Waals surface area contributed by atoms with Crippen LogP contribution in [-0.2, 0) is 30.3 Å². The SMILES string of the molecule is CC(C)(C)OC(=O)[C@@H]1CCCN1C(=O)[C@@H](O)[C@H](Cc1ccccc1)NC(=O)[C@H](CC(N)=O)NC(=O)c1ccc2ccccc2n1. The summed E-state index contributed by atoms with van der Waals surface area (Å²) < 4.78 is 5.49. The largest absolute Gasteiger partial charge is 0.458 e. The molecule has 4 amide bonds. The van der Waals surface area contributed by atoms with E-state index in [4.69, 9.17) is 10.5 Å². The van der Waals surface area contributed by atoms with Crippen LogP contribution in [0.4, 0.5) is 0 Å². The fraction of sp³-hybridized carbons (Fsp3) is 0.394. The van der Waals surface area contributed by atoms with Crippen LogP contribution < -0.4 is 16.4 Å². The van der Waals surface area contributed by atoms with Gasteiger partial charge in [-0.05, 0) is 57.7 Å². The van der Waals surface area contributed by atoms with E-state index < -0.39 is 65.8 Å². The number of aliphatic hydroxyl groups is 1. The van der Waals surface area contributed by atoms with Crippen molar-refractivity contribution in [3.05, 3.63) is 78.0 Å². The maximum atomic E-state index is 13.6. The number of likely N-dealkylation sites (tertiary alicyclic amines) is 1. The van der Waals surface area contributed by atoms with Gasteiger partial charge < -0.3 is 31.1 Å². The van der Waals surface area contributed by atoms with E-state index >= 15 is 0 Å². The highest BCUT2D eigenvalue weighted by atomic mass is 16.6. The second kappa shape index (κ2) is 14.3. The molecular weight excluding hydrogens is 578 g/mol. The predicted molar refractivity (Wildman–Crippen MR) is 165 cm³/mol. The first-order chi connectivity index (χ1) is 21.3. The Kier molecular flexibility index (Phi) is 10.5. The molecule has 0 spiro atoms. The first-order valence-electron chi connectivity index (χ1n) is 14.8. The Morgan fingerprint density at radius 1 is 1.00 bits per heavy atom. The minimum Gasteiger partial charge on any atom is -0.458 e. The average molecular weight is 618 g/mol. The average Bonchev–Trinajstić information content (AvgIpc) is 3.49. The quantitative estimate of drug-likeness (QED) is 0.234. The molecule has 3 aromatic rings. The maximum absolute atomic E-state index is 13.6. The molecule has 1 aliphatic heterocycles. The van der Waals surface area contributed by atoms with Gasteiger partial charge in [-0.2, -0.15) is 0 Å². The van der Waals surface area contributed by atoms with Crippen LogP contribution in [0.25, 0.3) is 10.9 Å². The summed E-state index contributed by atoms with van der Waals surface area (Å²) in [6.07, 6.45) is -1.36. The Balaban J connectivity index is 1.55. The predicted octanol–water partition coefficient (Wildman–Crippen LogP) is 1.63. The van der Waals surface area contributed by atoms with Crippen LogP contribution in [0, 0.1) is 0 Å². The fourth-order valence-electron chi connectivity index (χ4n) is 5.22. The molecule has 0 unspecified atom stereocenters. The van der Waals surface area contributed by atoms with E-state index in [9.17, 15) is 29.1 Å². The molecule has 45 heavy (non-hydrogen) atoms. The number of aromatic nitrogens is 1. The van der Waals surface area contributed by atoms with Gasteiger partial charge in [-0.1, -0.05) is 54.6 Å². The van der Waals surface area contributed by atoms with Gasteiger partial charge in [-0.3, -0.25) is 19.2 Å². The highest BCUT2D eigenvalue weighted by Gasteiger charge is 2.41. The number of hydrogen-bond donors (Lipinski definition) is 4. The Labute approximate surface area is 261 Å². The van der Waals surface area contributed by atoms with Crippen LogP contribution in [0.1, 0.15) is 56.1 Å². The van der Waals surface area contributed by atoms with E-state index in [2.05, 4.69) is 15.6 Å². The van der Waals surface area contributed by atoms with Gasteiger partial charge in [0.25, 0.3) is 11.8 Å². The van der Waals surface area contributed by atoms with Crippen LogP contribution in [0.3, 0.4) is 0 Å². The molecule has 4 atom stereocenters. The van der Waals surface area contributed by atoms with Crippen molar-refractivity contribution in [2.45, 2.75) is 76.3 Å². The molecule has 1 aliphatic rings. The van der Waals surface area contributed by atoms with Crippen LogP contribution in [0.5, 0.6) is 0 Å². The number of nitrogens with two attached hydrogens (primary N) is 1. The smallest absolute Gasteiger partial charge is 0.329 e. The minimum absolute atomic E-state index is 0.0224. The molecule has 1 aromatic heterocycles. The third-order valence-electron chi connectivity index (χ3n) is 7.33. The molecule has 2 aromatic carbocycles. The number of carbonyl (C=O) groups excluding carboxylic acids is 5. The number of aliphatic hydroxyl groups excluding tert-OH is 1. The van der Waals surface area contributed by atoms with Crippen molar-refractivity contribution in [2.24, 2.45) is 5.73 Å². The number of nitrogens with zero attached hydrogens (tertiary/aromatic N) is 2. The van der Waals surface area contributed by atoms with Gasteiger partial charge in [0.1, 0.15) is 23.4 Å². The molecule has 1 saturated heterocycles. The number of ether oxygens (including phenoxy) is 1. The summed E-state index contributed by atoms with van der Waals surface area (Å²) in [6, 6.07) is 15.8. The van der Waals surface area contributed by atoms with Crippen LogP contribution in [0.2, 0.25) is 0 Å². The lowest BCUT2D eigenvalue weighted by atomic mass is 9.99. The number of esters is 1. The summed E-state index contributed by atoms with van der Waals surface area (Å²) in [7, 11) is 0. The van der Waals surface area contributed by atoms with Crippen LogP contribution in [0.15, 0.2) is 66.7 Å². The van der Waals surface area contributed by atoms with Crippen LogP contribution >= 0.6 is 0 Å². The highest BCUT2D eigenvalue weighted by molar-refractivity contribution is 5.99. The molecular formula is C33H39N5O7. The van der Waals surface area contributed by atoms with Gasteiger partial charge in [0.2, 0.25) is 11.8 Å². The number of primary amides is 1. The summed E-state index contributed by atoms with van der Waals surface area (Å²) in [5.74, 6) is -3.72. The number of rotatable bonds is 11. The third-order valence-corrected chi connectivity index (χ3v) is 7.33. The van der Waals surface area contributed by atoms with E-state index in [1.807, 2.05) is 12.1 Å². The van der Waals surface area contributed by atoms with E-state index in [0.29, 0.717) is 23.9 Å².